The van der Waals surface area contributed by atoms with Gasteiger partial charge in [-0.1, -0.05) is 30.3 Å². The highest BCUT2D eigenvalue weighted by atomic mass is 32.2. The molecule has 1 atom stereocenters. The number of hydrogen-bond acceptors (Lipinski definition) is 2. The molecule has 1 N–H and O–H groups in total. The third-order valence-electron chi connectivity index (χ3n) is 4.35. The number of anilines is 1. The number of nitrogens with one attached hydrogen (secondary N) is 1. The molecule has 0 bridgehead atoms. The van der Waals surface area contributed by atoms with Crippen molar-refractivity contribution in [3.05, 3.63) is 65.5 Å². The first-order valence-electron chi connectivity index (χ1n) is 8.44. The zero-order chi connectivity index (χ0) is 19.4. The number of alkyl halides is 3. The van der Waals surface area contributed by atoms with Crippen LogP contribution < -0.4 is 5.32 Å². The molecule has 2 aromatic rings. The van der Waals surface area contributed by atoms with E-state index in [1.165, 1.54) is 29.2 Å². The van der Waals surface area contributed by atoms with E-state index in [0.717, 1.165) is 6.07 Å². The molecule has 0 aromatic heterocycles. The highest BCUT2D eigenvalue weighted by Crippen LogP contribution is 2.37. The van der Waals surface area contributed by atoms with Crippen molar-refractivity contribution in [3.63, 3.8) is 0 Å². The van der Waals surface area contributed by atoms with E-state index in [9.17, 15) is 22.4 Å². The minimum absolute atomic E-state index is 0.0912. The van der Waals surface area contributed by atoms with E-state index in [4.69, 9.17) is 0 Å². The number of amides is 2. The fourth-order valence-corrected chi connectivity index (χ4v) is 4.24. The summed E-state index contributed by atoms with van der Waals surface area (Å²) in [5.74, 6) is 0.292. The van der Waals surface area contributed by atoms with E-state index in [0.29, 0.717) is 30.8 Å². The lowest BCUT2D eigenvalue weighted by Crippen LogP contribution is -2.37. The van der Waals surface area contributed by atoms with Gasteiger partial charge in [0, 0.05) is 29.7 Å². The lowest BCUT2D eigenvalue weighted by atomic mass is 10.1. The molecular formula is C19H18F4N2OS. The highest BCUT2D eigenvalue weighted by Gasteiger charge is 2.34. The summed E-state index contributed by atoms with van der Waals surface area (Å²) < 4.78 is 53.2. The summed E-state index contributed by atoms with van der Waals surface area (Å²) >= 11 is 1.54. The molecule has 3 rings (SSSR count). The minimum atomic E-state index is -4.55. The molecular weight excluding hydrogens is 380 g/mol. The standard InChI is InChI=1S/C19H18F4N2OS/c20-15-7-3-1-5-13(15)17-9-10-25(11-12-27-17)18(26)24-16-8-4-2-6-14(16)19(21,22)23/h1-8,17H,9-12H2,(H,24,26)/t17-/m0/s1. The van der Waals surface area contributed by atoms with E-state index in [-0.39, 0.29) is 16.8 Å². The van der Waals surface area contributed by atoms with Crippen molar-refractivity contribution in [2.75, 3.05) is 24.2 Å². The fraction of sp³-hybridized carbons (Fsp3) is 0.316. The second kappa shape index (κ2) is 8.21. The molecule has 1 aliphatic rings. The van der Waals surface area contributed by atoms with Crippen LogP contribution in [0.25, 0.3) is 0 Å². The van der Waals surface area contributed by atoms with Gasteiger partial charge in [0.15, 0.2) is 0 Å². The Morgan fingerprint density at radius 3 is 2.52 bits per heavy atom. The number of rotatable bonds is 2. The van der Waals surface area contributed by atoms with E-state index in [1.54, 1.807) is 30.0 Å². The van der Waals surface area contributed by atoms with Crippen molar-refractivity contribution in [1.82, 2.24) is 4.90 Å². The van der Waals surface area contributed by atoms with E-state index in [2.05, 4.69) is 5.32 Å². The van der Waals surface area contributed by atoms with Crippen LogP contribution in [0.3, 0.4) is 0 Å². The van der Waals surface area contributed by atoms with Crippen LogP contribution in [0.1, 0.15) is 22.8 Å². The van der Waals surface area contributed by atoms with Crippen LogP contribution in [0.2, 0.25) is 0 Å². The number of carbonyl (C=O) groups is 1. The predicted molar refractivity (Wildman–Crippen MR) is 98.3 cm³/mol. The van der Waals surface area contributed by atoms with Gasteiger partial charge in [0.1, 0.15) is 5.82 Å². The lowest BCUT2D eigenvalue weighted by Gasteiger charge is -2.22. The van der Waals surface area contributed by atoms with Gasteiger partial charge in [-0.25, -0.2) is 9.18 Å². The second-order valence-electron chi connectivity index (χ2n) is 6.13. The summed E-state index contributed by atoms with van der Waals surface area (Å²) in [5.41, 5.74) is -0.559. The molecule has 0 unspecified atom stereocenters. The van der Waals surface area contributed by atoms with Gasteiger partial charge in [-0.05, 0) is 24.6 Å². The molecule has 2 aromatic carbocycles. The van der Waals surface area contributed by atoms with E-state index >= 15 is 0 Å². The van der Waals surface area contributed by atoms with Crippen molar-refractivity contribution >= 4 is 23.5 Å². The van der Waals surface area contributed by atoms with Crippen molar-refractivity contribution in [3.8, 4) is 0 Å². The van der Waals surface area contributed by atoms with E-state index in [1.807, 2.05) is 0 Å². The molecule has 0 saturated carbocycles. The molecule has 144 valence electrons. The first kappa shape index (κ1) is 19.5. The number of urea groups is 1. The Labute approximate surface area is 158 Å². The Balaban J connectivity index is 1.68. The predicted octanol–water partition coefficient (Wildman–Crippen LogP) is 5.56. The molecule has 3 nitrogen and oxygen atoms in total. The second-order valence-corrected chi connectivity index (χ2v) is 7.44. The Bertz CT molecular complexity index is 812. The Hall–Kier alpha value is -2.22. The third-order valence-corrected chi connectivity index (χ3v) is 5.67. The lowest BCUT2D eigenvalue weighted by molar-refractivity contribution is -0.136. The average molecular weight is 398 g/mol. The van der Waals surface area contributed by atoms with Crippen LogP contribution in [0.15, 0.2) is 48.5 Å². The summed E-state index contributed by atoms with van der Waals surface area (Å²) in [7, 11) is 0. The maximum atomic E-state index is 14.0. The first-order chi connectivity index (χ1) is 12.9. The van der Waals surface area contributed by atoms with Gasteiger partial charge >= 0.3 is 12.2 Å². The first-order valence-corrected chi connectivity index (χ1v) is 9.49. The van der Waals surface area contributed by atoms with Crippen LogP contribution >= 0.6 is 11.8 Å². The number of hydrogen-bond donors (Lipinski definition) is 1. The van der Waals surface area contributed by atoms with Gasteiger partial charge < -0.3 is 10.2 Å². The highest BCUT2D eigenvalue weighted by molar-refractivity contribution is 7.99. The Morgan fingerprint density at radius 1 is 1.07 bits per heavy atom. The van der Waals surface area contributed by atoms with Gasteiger partial charge in [-0.15, -0.1) is 0 Å². The SMILES string of the molecule is O=C(Nc1ccccc1C(F)(F)F)N1CCS[C@H](c2ccccc2F)CC1. The molecule has 1 saturated heterocycles. The minimum Gasteiger partial charge on any atom is -0.324 e. The maximum Gasteiger partial charge on any atom is 0.418 e. The molecule has 1 aliphatic heterocycles. The molecule has 1 fully saturated rings. The Morgan fingerprint density at radius 2 is 1.78 bits per heavy atom. The van der Waals surface area contributed by atoms with Crippen LogP contribution in [0.4, 0.5) is 28.0 Å². The monoisotopic (exact) mass is 398 g/mol. The van der Waals surface area contributed by atoms with Gasteiger partial charge in [-0.3, -0.25) is 0 Å². The molecule has 27 heavy (non-hydrogen) atoms. The number of carbonyl (C=O) groups excluding carboxylic acids is 1. The Kier molecular flexibility index (Phi) is 5.94. The van der Waals surface area contributed by atoms with Crippen molar-refractivity contribution in [2.24, 2.45) is 0 Å². The molecule has 8 heteroatoms. The quantitative estimate of drug-likeness (QED) is 0.672. The number of nitrogens with zero attached hydrogens (tertiary/aromatic N) is 1. The smallest absolute Gasteiger partial charge is 0.324 e. The summed E-state index contributed by atoms with van der Waals surface area (Å²) in [6.07, 6.45) is -4.02. The molecule has 0 spiro atoms. The summed E-state index contributed by atoms with van der Waals surface area (Å²) in [5, 5.41) is 2.27. The van der Waals surface area contributed by atoms with Crippen LogP contribution in [0.5, 0.6) is 0 Å². The molecule has 1 heterocycles. The van der Waals surface area contributed by atoms with Crippen molar-refractivity contribution in [2.45, 2.75) is 17.8 Å². The number of halogens is 4. The van der Waals surface area contributed by atoms with Gasteiger partial charge in [0.25, 0.3) is 0 Å². The number of benzene rings is 2. The zero-order valence-electron chi connectivity index (χ0n) is 14.3. The number of para-hydroxylation sites is 1. The third kappa shape index (κ3) is 4.74. The summed E-state index contributed by atoms with van der Waals surface area (Å²) in [6.45, 7) is 0.724. The molecule has 0 radical (unpaired) electrons. The van der Waals surface area contributed by atoms with Gasteiger partial charge in [-0.2, -0.15) is 24.9 Å². The average Bonchev–Trinajstić information content (AvgIpc) is 2.88. The molecule has 2 amide bonds. The number of thioether (sulfide) groups is 1. The summed E-state index contributed by atoms with van der Waals surface area (Å²) in [6, 6.07) is 10.8. The zero-order valence-corrected chi connectivity index (χ0v) is 15.1. The topological polar surface area (TPSA) is 32.3 Å². The summed E-state index contributed by atoms with van der Waals surface area (Å²) in [4.78, 5) is 13.9. The normalized spacial score (nSPS) is 18.1. The van der Waals surface area contributed by atoms with Gasteiger partial charge in [0.2, 0.25) is 0 Å². The van der Waals surface area contributed by atoms with Crippen LogP contribution in [0, 0.1) is 5.82 Å². The maximum absolute atomic E-state index is 14.0. The van der Waals surface area contributed by atoms with Crippen LogP contribution in [-0.2, 0) is 6.18 Å². The fourth-order valence-electron chi connectivity index (χ4n) is 2.99. The largest absolute Gasteiger partial charge is 0.418 e. The molecule has 0 aliphatic carbocycles. The van der Waals surface area contributed by atoms with E-state index < -0.39 is 17.8 Å². The van der Waals surface area contributed by atoms with Crippen LogP contribution in [-0.4, -0.2) is 29.8 Å². The van der Waals surface area contributed by atoms with Crippen molar-refractivity contribution in [1.29, 1.82) is 0 Å². The van der Waals surface area contributed by atoms with Gasteiger partial charge in [0.05, 0.1) is 11.3 Å². The van der Waals surface area contributed by atoms with Crippen molar-refractivity contribution < 1.29 is 22.4 Å².